The van der Waals surface area contributed by atoms with Crippen LogP contribution < -0.4 is 5.32 Å². The van der Waals surface area contributed by atoms with E-state index in [9.17, 15) is 0 Å². The first-order valence-corrected chi connectivity index (χ1v) is 8.13. The molecule has 104 valence electrons. The van der Waals surface area contributed by atoms with Gasteiger partial charge in [-0.2, -0.15) is 5.10 Å². The highest BCUT2D eigenvalue weighted by Gasteiger charge is 2.12. The Labute approximate surface area is 127 Å². The van der Waals surface area contributed by atoms with Gasteiger partial charge in [0.15, 0.2) is 0 Å². The number of aryl methyl sites for hydroxylation is 1. The molecule has 0 aliphatic rings. The van der Waals surface area contributed by atoms with Crippen molar-refractivity contribution in [1.29, 1.82) is 0 Å². The Kier molecular flexibility index (Phi) is 4.81. The summed E-state index contributed by atoms with van der Waals surface area (Å²) in [5, 5.41) is 10.2. The molecule has 0 spiro atoms. The van der Waals surface area contributed by atoms with Crippen LogP contribution in [0.4, 0.5) is 0 Å². The van der Waals surface area contributed by atoms with Crippen LogP contribution in [0.3, 0.4) is 0 Å². The van der Waals surface area contributed by atoms with Crippen molar-refractivity contribution in [3.8, 4) is 0 Å². The molecule has 0 aromatic carbocycles. The van der Waals surface area contributed by atoms with Crippen LogP contribution in [0.2, 0.25) is 0 Å². The summed E-state index contributed by atoms with van der Waals surface area (Å²) in [6.45, 7) is 10.3. The van der Waals surface area contributed by atoms with Crippen molar-refractivity contribution in [2.75, 3.05) is 0 Å². The first kappa shape index (κ1) is 14.8. The van der Waals surface area contributed by atoms with E-state index >= 15 is 0 Å². The number of thiophene rings is 1. The summed E-state index contributed by atoms with van der Waals surface area (Å²) in [5.74, 6) is 0. The minimum atomic E-state index is 0.496. The molecular weight excluding hydrogens is 322 g/mol. The quantitative estimate of drug-likeness (QED) is 0.894. The van der Waals surface area contributed by atoms with E-state index in [-0.39, 0.29) is 0 Å². The lowest BCUT2D eigenvalue weighted by atomic mass is 10.2. The molecule has 0 radical (unpaired) electrons. The van der Waals surface area contributed by atoms with Crippen LogP contribution in [0, 0.1) is 13.8 Å². The highest BCUT2D eigenvalue weighted by molar-refractivity contribution is 9.10. The molecule has 0 saturated heterocycles. The van der Waals surface area contributed by atoms with Gasteiger partial charge in [0.2, 0.25) is 0 Å². The van der Waals surface area contributed by atoms with Crippen LogP contribution in [0.5, 0.6) is 0 Å². The van der Waals surface area contributed by atoms with Crippen LogP contribution in [0.1, 0.15) is 35.7 Å². The van der Waals surface area contributed by atoms with Crippen molar-refractivity contribution < 1.29 is 0 Å². The number of hydrogen-bond donors (Lipinski definition) is 1. The van der Waals surface area contributed by atoms with E-state index in [4.69, 9.17) is 0 Å². The number of hydrogen-bond acceptors (Lipinski definition) is 3. The maximum atomic E-state index is 4.66. The summed E-state index contributed by atoms with van der Waals surface area (Å²) < 4.78 is 3.25. The van der Waals surface area contributed by atoms with Crippen molar-refractivity contribution in [3.63, 3.8) is 0 Å². The average Bonchev–Trinajstić information content (AvgIpc) is 2.83. The third kappa shape index (κ3) is 3.68. The summed E-state index contributed by atoms with van der Waals surface area (Å²) >= 11 is 5.26. The Morgan fingerprint density at radius 3 is 2.74 bits per heavy atom. The number of halogens is 1. The fourth-order valence-electron chi connectivity index (χ4n) is 2.03. The van der Waals surface area contributed by atoms with E-state index < -0.39 is 0 Å². The third-order valence-electron chi connectivity index (χ3n) is 3.15. The fourth-order valence-corrected chi connectivity index (χ4v) is 3.47. The molecule has 1 N–H and O–H groups in total. The van der Waals surface area contributed by atoms with E-state index in [1.807, 2.05) is 0 Å². The van der Waals surface area contributed by atoms with Crippen LogP contribution in [0.15, 0.2) is 15.9 Å². The lowest BCUT2D eigenvalue weighted by Gasteiger charge is -2.08. The third-order valence-corrected chi connectivity index (χ3v) is 4.83. The van der Waals surface area contributed by atoms with Gasteiger partial charge in [-0.1, -0.05) is 13.8 Å². The first-order valence-electron chi connectivity index (χ1n) is 6.46. The number of nitrogens with one attached hydrogen (secondary N) is 1. The van der Waals surface area contributed by atoms with Crippen LogP contribution in [0.25, 0.3) is 0 Å². The number of aromatic nitrogens is 2. The van der Waals surface area contributed by atoms with Crippen LogP contribution >= 0.6 is 27.3 Å². The lowest BCUT2D eigenvalue weighted by molar-refractivity contribution is 0.584. The Balaban J connectivity index is 2.16. The maximum absolute atomic E-state index is 4.66. The van der Waals surface area contributed by atoms with Gasteiger partial charge in [-0.3, -0.25) is 4.68 Å². The van der Waals surface area contributed by atoms with Crippen molar-refractivity contribution in [3.05, 3.63) is 37.7 Å². The second kappa shape index (κ2) is 6.20. The molecule has 2 heterocycles. The summed E-state index contributed by atoms with van der Waals surface area (Å²) in [4.78, 5) is 1.32. The normalized spacial score (nSPS) is 11.5. The average molecular weight is 342 g/mol. The largest absolute Gasteiger partial charge is 0.310 e. The van der Waals surface area contributed by atoms with Gasteiger partial charge in [0, 0.05) is 38.6 Å². The van der Waals surface area contributed by atoms with Gasteiger partial charge in [-0.05, 0) is 35.8 Å². The van der Waals surface area contributed by atoms with E-state index in [1.54, 1.807) is 11.3 Å². The molecule has 0 bridgehead atoms. The minimum Gasteiger partial charge on any atom is -0.310 e. The van der Waals surface area contributed by atoms with Crippen molar-refractivity contribution in [2.24, 2.45) is 0 Å². The van der Waals surface area contributed by atoms with Gasteiger partial charge in [0.05, 0.1) is 12.2 Å². The molecule has 2 rings (SSSR count). The molecule has 0 atom stereocenters. The van der Waals surface area contributed by atoms with Crippen molar-refractivity contribution in [1.82, 2.24) is 15.1 Å². The topological polar surface area (TPSA) is 29.9 Å². The second-order valence-electron chi connectivity index (χ2n) is 5.07. The predicted octanol–water partition coefficient (Wildman–Crippen LogP) is 3.87. The van der Waals surface area contributed by atoms with E-state index in [0.717, 1.165) is 23.3 Å². The number of rotatable bonds is 5. The maximum Gasteiger partial charge on any atom is 0.0755 e. The van der Waals surface area contributed by atoms with Gasteiger partial charge in [0.25, 0.3) is 0 Å². The van der Waals surface area contributed by atoms with Crippen LogP contribution in [-0.4, -0.2) is 15.8 Å². The summed E-state index contributed by atoms with van der Waals surface area (Å²) in [5.41, 5.74) is 3.71. The molecule has 0 unspecified atom stereocenters. The van der Waals surface area contributed by atoms with Crippen molar-refractivity contribution >= 4 is 27.3 Å². The zero-order valence-corrected chi connectivity index (χ0v) is 14.2. The summed E-state index contributed by atoms with van der Waals surface area (Å²) in [6, 6.07) is 2.66. The Morgan fingerprint density at radius 2 is 2.16 bits per heavy atom. The van der Waals surface area contributed by atoms with Gasteiger partial charge in [0.1, 0.15) is 0 Å². The minimum absolute atomic E-state index is 0.496. The molecule has 2 aromatic heterocycles. The summed E-state index contributed by atoms with van der Waals surface area (Å²) in [6.07, 6.45) is 0. The molecule has 2 aromatic rings. The molecule has 5 heteroatoms. The van der Waals surface area contributed by atoms with E-state index in [1.165, 1.54) is 16.1 Å². The predicted molar refractivity (Wildman–Crippen MR) is 84.8 cm³/mol. The Bertz CT molecular complexity index is 557. The molecule has 0 aliphatic heterocycles. The number of nitrogens with zero attached hydrogens (tertiary/aromatic N) is 2. The zero-order valence-electron chi connectivity index (χ0n) is 11.8. The van der Waals surface area contributed by atoms with E-state index in [2.05, 4.69) is 70.2 Å². The fraction of sp³-hybridized carbons (Fsp3) is 0.500. The van der Waals surface area contributed by atoms with Crippen molar-refractivity contribution in [2.45, 2.75) is 46.8 Å². The van der Waals surface area contributed by atoms with Gasteiger partial charge in [-0.15, -0.1) is 11.3 Å². The van der Waals surface area contributed by atoms with Gasteiger partial charge >= 0.3 is 0 Å². The highest BCUT2D eigenvalue weighted by atomic mass is 79.9. The molecular formula is C14H20BrN3S. The first-order chi connectivity index (χ1) is 8.97. The smallest absolute Gasteiger partial charge is 0.0755 e. The molecule has 0 aliphatic carbocycles. The Morgan fingerprint density at radius 1 is 1.42 bits per heavy atom. The van der Waals surface area contributed by atoms with Gasteiger partial charge < -0.3 is 5.32 Å². The standard InChI is InChI=1S/C14H20BrN3S/c1-9(2)16-6-14-10(3)17-18(11(14)4)7-13-5-12(15)8-19-13/h5,8-9,16H,6-7H2,1-4H3. The molecule has 0 saturated carbocycles. The molecule has 0 amide bonds. The Hall–Kier alpha value is -0.650. The molecule has 0 fully saturated rings. The van der Waals surface area contributed by atoms with Crippen LogP contribution in [-0.2, 0) is 13.1 Å². The SMILES string of the molecule is Cc1nn(Cc2cc(Br)cs2)c(C)c1CNC(C)C. The summed E-state index contributed by atoms with van der Waals surface area (Å²) in [7, 11) is 0. The van der Waals surface area contributed by atoms with Gasteiger partial charge in [-0.25, -0.2) is 0 Å². The highest BCUT2D eigenvalue weighted by Crippen LogP contribution is 2.22. The lowest BCUT2D eigenvalue weighted by Crippen LogP contribution is -2.22. The molecule has 3 nitrogen and oxygen atoms in total. The molecule has 19 heavy (non-hydrogen) atoms. The zero-order chi connectivity index (χ0) is 14.0. The van der Waals surface area contributed by atoms with E-state index in [0.29, 0.717) is 6.04 Å². The second-order valence-corrected chi connectivity index (χ2v) is 6.99. The monoisotopic (exact) mass is 341 g/mol.